The maximum absolute atomic E-state index is 13.1. The van der Waals surface area contributed by atoms with E-state index in [1.807, 2.05) is 0 Å². The summed E-state index contributed by atoms with van der Waals surface area (Å²) in [6, 6.07) is 16.0. The number of nitrogens with zero attached hydrogens (tertiary/aromatic N) is 3. The molecule has 1 saturated heterocycles. The Morgan fingerprint density at radius 3 is 2.54 bits per heavy atom. The molecule has 1 amide bonds. The van der Waals surface area contributed by atoms with Crippen LogP contribution in [0.3, 0.4) is 0 Å². The number of rotatable bonds is 4. The molecule has 0 radical (unpaired) electrons. The first-order valence-corrected chi connectivity index (χ1v) is 9.38. The maximum atomic E-state index is 13.1. The van der Waals surface area contributed by atoms with E-state index in [0.717, 1.165) is 19.6 Å². The van der Waals surface area contributed by atoms with Crippen LogP contribution in [0.2, 0.25) is 0 Å². The van der Waals surface area contributed by atoms with Crippen LogP contribution in [-0.2, 0) is 6.54 Å². The second-order valence-electron chi connectivity index (χ2n) is 7.14. The summed E-state index contributed by atoms with van der Waals surface area (Å²) in [7, 11) is 0. The molecule has 0 unspecified atom stereocenters. The van der Waals surface area contributed by atoms with Gasteiger partial charge in [-0.15, -0.1) is 0 Å². The normalized spacial score (nSPS) is 15.0. The number of hydrogen-bond acceptors (Lipinski definition) is 4. The molecule has 6 heteroatoms. The Kier molecular flexibility index (Phi) is 5.21. The predicted octanol–water partition coefficient (Wildman–Crippen LogP) is 3.75. The van der Waals surface area contributed by atoms with Gasteiger partial charge in [-0.1, -0.05) is 35.0 Å². The molecule has 2 aromatic carbocycles. The van der Waals surface area contributed by atoms with E-state index in [4.69, 9.17) is 4.52 Å². The summed E-state index contributed by atoms with van der Waals surface area (Å²) in [6.07, 6.45) is 0. The fourth-order valence-corrected chi connectivity index (χ4v) is 3.47. The van der Waals surface area contributed by atoms with Crippen molar-refractivity contribution >= 4 is 5.91 Å². The molecule has 2 heterocycles. The van der Waals surface area contributed by atoms with E-state index < -0.39 is 0 Å². The summed E-state index contributed by atoms with van der Waals surface area (Å²) in [4.78, 5) is 16.9. The van der Waals surface area contributed by atoms with Crippen LogP contribution in [-0.4, -0.2) is 47.0 Å². The lowest BCUT2D eigenvalue weighted by Crippen LogP contribution is -2.48. The lowest BCUT2D eigenvalue weighted by molar-refractivity contribution is 0.0618. The number of carbonyl (C=O) groups is 1. The molecular weight excluding hydrogens is 357 g/mol. The third-order valence-electron chi connectivity index (χ3n) is 5.01. The zero-order valence-electron chi connectivity index (χ0n) is 15.8. The predicted molar refractivity (Wildman–Crippen MR) is 104 cm³/mol. The van der Waals surface area contributed by atoms with Crippen molar-refractivity contribution in [2.75, 3.05) is 26.2 Å². The molecule has 0 bridgehead atoms. The molecular formula is C22H22FN3O2. The van der Waals surface area contributed by atoms with Gasteiger partial charge >= 0.3 is 0 Å². The number of aryl methyl sites for hydroxylation is 1. The topological polar surface area (TPSA) is 49.6 Å². The first-order chi connectivity index (χ1) is 13.6. The molecule has 0 aliphatic carbocycles. The smallest absolute Gasteiger partial charge is 0.276 e. The van der Waals surface area contributed by atoms with Crippen molar-refractivity contribution in [3.05, 3.63) is 77.2 Å². The van der Waals surface area contributed by atoms with Gasteiger partial charge in [0.05, 0.1) is 0 Å². The van der Waals surface area contributed by atoms with Crippen LogP contribution in [0.4, 0.5) is 4.39 Å². The quantitative estimate of drug-likeness (QED) is 0.693. The van der Waals surface area contributed by atoms with Crippen molar-refractivity contribution in [1.82, 2.24) is 15.0 Å². The minimum atomic E-state index is -0.317. The molecule has 3 aromatic rings. The highest BCUT2D eigenvalue weighted by Gasteiger charge is 2.24. The molecule has 0 atom stereocenters. The summed E-state index contributed by atoms with van der Waals surface area (Å²) < 4.78 is 18.3. The average molecular weight is 379 g/mol. The third kappa shape index (κ3) is 4.12. The van der Waals surface area contributed by atoms with Crippen LogP contribution in [0.5, 0.6) is 0 Å². The van der Waals surface area contributed by atoms with Gasteiger partial charge in [0.15, 0.2) is 11.5 Å². The zero-order valence-corrected chi connectivity index (χ0v) is 15.8. The number of hydrogen-bond donors (Lipinski definition) is 0. The molecule has 5 nitrogen and oxygen atoms in total. The SMILES string of the molecule is Cc1cccc(CN2CCN(C(=O)c3cc(-c4ccc(F)cc4)on3)CC2)c1. The van der Waals surface area contributed by atoms with Crippen molar-refractivity contribution in [2.45, 2.75) is 13.5 Å². The second kappa shape index (κ2) is 7.94. The Morgan fingerprint density at radius 1 is 1.07 bits per heavy atom. The average Bonchev–Trinajstić information content (AvgIpc) is 3.19. The van der Waals surface area contributed by atoms with E-state index in [2.05, 4.69) is 41.2 Å². The van der Waals surface area contributed by atoms with Crippen LogP contribution in [0.1, 0.15) is 21.6 Å². The number of benzene rings is 2. The minimum Gasteiger partial charge on any atom is -0.355 e. The van der Waals surface area contributed by atoms with Gasteiger partial charge in [0.25, 0.3) is 5.91 Å². The first-order valence-electron chi connectivity index (χ1n) is 9.38. The Labute approximate surface area is 163 Å². The molecule has 0 spiro atoms. The van der Waals surface area contributed by atoms with E-state index in [-0.39, 0.29) is 17.4 Å². The van der Waals surface area contributed by atoms with Gasteiger partial charge in [-0.3, -0.25) is 9.69 Å². The van der Waals surface area contributed by atoms with Crippen LogP contribution in [0.15, 0.2) is 59.1 Å². The van der Waals surface area contributed by atoms with Crippen LogP contribution in [0, 0.1) is 12.7 Å². The molecule has 1 fully saturated rings. The Balaban J connectivity index is 1.36. The number of piperazine rings is 1. The molecule has 28 heavy (non-hydrogen) atoms. The molecule has 0 saturated carbocycles. The van der Waals surface area contributed by atoms with Crippen LogP contribution < -0.4 is 0 Å². The van der Waals surface area contributed by atoms with Crippen molar-refractivity contribution in [3.8, 4) is 11.3 Å². The Morgan fingerprint density at radius 2 is 1.82 bits per heavy atom. The van der Waals surface area contributed by atoms with Crippen molar-refractivity contribution in [2.24, 2.45) is 0 Å². The number of halogens is 1. The van der Waals surface area contributed by atoms with Gasteiger partial charge in [0.2, 0.25) is 0 Å². The van der Waals surface area contributed by atoms with Gasteiger partial charge in [0, 0.05) is 44.4 Å². The first kappa shape index (κ1) is 18.4. The molecule has 1 aliphatic rings. The molecule has 1 aliphatic heterocycles. The zero-order chi connectivity index (χ0) is 19.5. The standard InChI is InChI=1S/C22H22FN3O2/c1-16-3-2-4-17(13-16)15-25-9-11-26(12-10-25)22(27)20-14-21(28-24-20)18-5-7-19(23)8-6-18/h2-8,13-14H,9-12,15H2,1H3. The summed E-state index contributed by atoms with van der Waals surface area (Å²) in [6.45, 7) is 5.94. The Bertz CT molecular complexity index is 960. The van der Waals surface area contributed by atoms with Gasteiger partial charge < -0.3 is 9.42 Å². The highest BCUT2D eigenvalue weighted by Crippen LogP contribution is 2.21. The monoisotopic (exact) mass is 379 g/mol. The number of aromatic nitrogens is 1. The lowest BCUT2D eigenvalue weighted by atomic mass is 10.1. The Hall–Kier alpha value is -2.99. The summed E-state index contributed by atoms with van der Waals surface area (Å²) >= 11 is 0. The number of amides is 1. The fourth-order valence-electron chi connectivity index (χ4n) is 3.47. The fraction of sp³-hybridized carbons (Fsp3) is 0.273. The highest BCUT2D eigenvalue weighted by molar-refractivity contribution is 5.93. The van der Waals surface area contributed by atoms with Crippen molar-refractivity contribution in [3.63, 3.8) is 0 Å². The van der Waals surface area contributed by atoms with Crippen molar-refractivity contribution < 1.29 is 13.7 Å². The largest absolute Gasteiger partial charge is 0.355 e. The molecule has 1 aromatic heterocycles. The van der Waals surface area contributed by atoms with Gasteiger partial charge in [-0.05, 0) is 36.8 Å². The second-order valence-corrected chi connectivity index (χ2v) is 7.14. The summed E-state index contributed by atoms with van der Waals surface area (Å²) in [5.74, 6) is 0.0110. The van der Waals surface area contributed by atoms with E-state index in [0.29, 0.717) is 24.4 Å². The van der Waals surface area contributed by atoms with Gasteiger partial charge in [0.1, 0.15) is 5.82 Å². The van der Waals surface area contributed by atoms with Gasteiger partial charge in [-0.2, -0.15) is 0 Å². The van der Waals surface area contributed by atoms with Gasteiger partial charge in [-0.25, -0.2) is 4.39 Å². The van der Waals surface area contributed by atoms with Crippen molar-refractivity contribution in [1.29, 1.82) is 0 Å². The van der Waals surface area contributed by atoms with E-state index in [9.17, 15) is 9.18 Å². The molecule has 0 N–H and O–H groups in total. The molecule has 144 valence electrons. The van der Waals surface area contributed by atoms with E-state index in [1.54, 1.807) is 23.1 Å². The van der Waals surface area contributed by atoms with E-state index in [1.165, 1.54) is 23.3 Å². The summed E-state index contributed by atoms with van der Waals surface area (Å²) in [5.41, 5.74) is 3.52. The highest BCUT2D eigenvalue weighted by atomic mass is 19.1. The number of carbonyl (C=O) groups excluding carboxylic acids is 1. The van der Waals surface area contributed by atoms with Crippen LogP contribution in [0.25, 0.3) is 11.3 Å². The lowest BCUT2D eigenvalue weighted by Gasteiger charge is -2.34. The molecule has 4 rings (SSSR count). The summed E-state index contributed by atoms with van der Waals surface area (Å²) in [5, 5.41) is 3.91. The van der Waals surface area contributed by atoms with Crippen LogP contribution >= 0.6 is 0 Å². The van der Waals surface area contributed by atoms with E-state index >= 15 is 0 Å². The minimum absolute atomic E-state index is 0.132. The third-order valence-corrected chi connectivity index (χ3v) is 5.01. The maximum Gasteiger partial charge on any atom is 0.276 e.